The van der Waals surface area contributed by atoms with Crippen LogP contribution in [0.3, 0.4) is 0 Å². The lowest BCUT2D eigenvalue weighted by atomic mass is 9.97. The van der Waals surface area contributed by atoms with Gasteiger partial charge in [-0.3, -0.25) is 4.79 Å². The standard InChI is InChI=1S/C22H29N3O4S/c1-15(2)23-22(26)19-10-12-25(13-11-19)30(27,28)21-17(4)24-29-20(21)9-8-18-7-5-6-16(3)14-18/h5-9,14-15,19H,10-13H2,1-4H3,(H,23,26)/b9-8+. The number of piperidine rings is 1. The van der Waals surface area contributed by atoms with Crippen LogP contribution in [-0.2, 0) is 14.8 Å². The van der Waals surface area contributed by atoms with Crippen molar-refractivity contribution in [2.45, 2.75) is 51.5 Å². The number of sulfonamides is 1. The zero-order valence-electron chi connectivity index (χ0n) is 17.9. The molecule has 0 radical (unpaired) electrons. The van der Waals surface area contributed by atoms with Crippen LogP contribution in [0.15, 0.2) is 33.7 Å². The summed E-state index contributed by atoms with van der Waals surface area (Å²) in [6.07, 6.45) is 4.45. The van der Waals surface area contributed by atoms with Crippen LogP contribution in [-0.4, -0.2) is 42.9 Å². The molecular weight excluding hydrogens is 402 g/mol. The highest BCUT2D eigenvalue weighted by Gasteiger charge is 2.35. The van der Waals surface area contributed by atoms with Crippen LogP contribution in [0.1, 0.15) is 49.3 Å². The Morgan fingerprint density at radius 3 is 2.57 bits per heavy atom. The lowest BCUT2D eigenvalue weighted by Gasteiger charge is -2.30. The molecule has 2 heterocycles. The summed E-state index contributed by atoms with van der Waals surface area (Å²) in [5.74, 6) is 0.0433. The first kappa shape index (κ1) is 22.2. The van der Waals surface area contributed by atoms with Crippen molar-refractivity contribution >= 4 is 28.1 Å². The van der Waals surface area contributed by atoms with E-state index in [1.165, 1.54) is 4.31 Å². The van der Waals surface area contributed by atoms with Crippen LogP contribution in [0.5, 0.6) is 0 Å². The van der Waals surface area contributed by atoms with Gasteiger partial charge in [-0.1, -0.05) is 41.1 Å². The number of carbonyl (C=O) groups is 1. The van der Waals surface area contributed by atoms with Gasteiger partial charge in [0.25, 0.3) is 0 Å². The smallest absolute Gasteiger partial charge is 0.248 e. The van der Waals surface area contributed by atoms with Crippen molar-refractivity contribution in [1.29, 1.82) is 0 Å². The molecular formula is C22H29N3O4S. The normalized spacial score (nSPS) is 16.4. The van der Waals surface area contributed by atoms with Crippen LogP contribution in [0, 0.1) is 19.8 Å². The second-order valence-corrected chi connectivity index (χ2v) is 9.93. The van der Waals surface area contributed by atoms with Crippen molar-refractivity contribution in [2.24, 2.45) is 5.92 Å². The molecule has 162 valence electrons. The lowest BCUT2D eigenvalue weighted by molar-refractivity contribution is -0.126. The van der Waals surface area contributed by atoms with Crippen LogP contribution >= 0.6 is 0 Å². The fraction of sp³-hybridized carbons (Fsp3) is 0.455. The molecule has 1 fully saturated rings. The van der Waals surface area contributed by atoms with E-state index >= 15 is 0 Å². The third kappa shape index (κ3) is 4.99. The van der Waals surface area contributed by atoms with E-state index < -0.39 is 10.0 Å². The number of aromatic nitrogens is 1. The zero-order valence-corrected chi connectivity index (χ0v) is 18.7. The first-order valence-corrected chi connectivity index (χ1v) is 11.6. The highest BCUT2D eigenvalue weighted by molar-refractivity contribution is 7.89. The third-order valence-electron chi connectivity index (χ3n) is 5.16. The highest BCUT2D eigenvalue weighted by atomic mass is 32.2. The van der Waals surface area contributed by atoms with Gasteiger partial charge in [-0.15, -0.1) is 0 Å². The summed E-state index contributed by atoms with van der Waals surface area (Å²) in [5, 5.41) is 6.79. The fourth-order valence-corrected chi connectivity index (χ4v) is 5.35. The molecule has 8 heteroatoms. The molecule has 1 aromatic heterocycles. The van der Waals surface area contributed by atoms with Crippen molar-refractivity contribution in [2.75, 3.05) is 13.1 Å². The summed E-state index contributed by atoms with van der Waals surface area (Å²) in [5.41, 5.74) is 2.39. The molecule has 30 heavy (non-hydrogen) atoms. The van der Waals surface area contributed by atoms with E-state index in [1.54, 1.807) is 13.0 Å². The molecule has 0 bridgehead atoms. The molecule has 3 rings (SSSR count). The Balaban J connectivity index is 1.77. The van der Waals surface area contributed by atoms with Gasteiger partial charge in [0.05, 0.1) is 0 Å². The topological polar surface area (TPSA) is 92.5 Å². The van der Waals surface area contributed by atoms with Gasteiger partial charge >= 0.3 is 0 Å². The summed E-state index contributed by atoms with van der Waals surface area (Å²) in [6.45, 7) is 8.05. The zero-order chi connectivity index (χ0) is 21.9. The minimum Gasteiger partial charge on any atom is -0.355 e. The Kier molecular flexibility index (Phi) is 6.77. The molecule has 2 aromatic rings. The molecule has 1 aromatic carbocycles. The maximum atomic E-state index is 13.3. The van der Waals surface area contributed by atoms with E-state index in [-0.39, 0.29) is 28.5 Å². The maximum Gasteiger partial charge on any atom is 0.248 e. The Hall–Kier alpha value is -2.45. The molecule has 0 saturated carbocycles. The largest absolute Gasteiger partial charge is 0.355 e. The molecule has 1 amide bonds. The van der Waals surface area contributed by atoms with E-state index in [4.69, 9.17) is 4.52 Å². The maximum absolute atomic E-state index is 13.3. The molecule has 0 atom stereocenters. The Labute approximate surface area is 178 Å². The molecule has 0 spiro atoms. The molecule has 0 unspecified atom stereocenters. The first-order valence-electron chi connectivity index (χ1n) is 10.2. The summed E-state index contributed by atoms with van der Waals surface area (Å²) < 4.78 is 33.3. The second-order valence-electron chi connectivity index (χ2n) is 8.05. The number of rotatable bonds is 6. The van der Waals surface area contributed by atoms with Crippen LogP contribution < -0.4 is 5.32 Å². The van der Waals surface area contributed by atoms with E-state index in [2.05, 4.69) is 10.5 Å². The lowest BCUT2D eigenvalue weighted by Crippen LogP contribution is -2.44. The summed E-state index contributed by atoms with van der Waals surface area (Å²) in [6, 6.07) is 7.95. The number of amides is 1. The molecule has 1 aliphatic heterocycles. The van der Waals surface area contributed by atoms with Crippen molar-refractivity contribution in [3.05, 3.63) is 46.8 Å². The first-order chi connectivity index (χ1) is 14.2. The van der Waals surface area contributed by atoms with Gasteiger partial charge in [0.2, 0.25) is 15.9 Å². The summed E-state index contributed by atoms with van der Waals surface area (Å²) in [7, 11) is -3.77. The summed E-state index contributed by atoms with van der Waals surface area (Å²) >= 11 is 0. The highest BCUT2D eigenvalue weighted by Crippen LogP contribution is 2.29. The van der Waals surface area contributed by atoms with Crippen LogP contribution in [0.2, 0.25) is 0 Å². The van der Waals surface area contributed by atoms with Crippen LogP contribution in [0.25, 0.3) is 12.2 Å². The van der Waals surface area contributed by atoms with Crippen molar-refractivity contribution < 1.29 is 17.7 Å². The minimum atomic E-state index is -3.77. The number of carbonyl (C=O) groups excluding carboxylic acids is 1. The molecule has 0 aliphatic carbocycles. The Bertz CT molecular complexity index is 1030. The SMILES string of the molecule is Cc1cccc(/C=C/c2onc(C)c2S(=O)(=O)N2CCC(C(=O)NC(C)C)CC2)c1. The quantitative estimate of drug-likeness (QED) is 0.757. The number of nitrogens with zero attached hydrogens (tertiary/aromatic N) is 2. The summed E-state index contributed by atoms with van der Waals surface area (Å²) in [4.78, 5) is 12.3. The van der Waals surface area contributed by atoms with Gasteiger partial charge in [-0.25, -0.2) is 8.42 Å². The average Bonchev–Trinajstić information content (AvgIpc) is 3.07. The van der Waals surface area contributed by atoms with Gasteiger partial charge in [0.1, 0.15) is 5.69 Å². The van der Waals surface area contributed by atoms with E-state index in [1.807, 2.05) is 51.1 Å². The Morgan fingerprint density at radius 1 is 1.23 bits per heavy atom. The van der Waals surface area contributed by atoms with Crippen molar-refractivity contribution in [1.82, 2.24) is 14.8 Å². The van der Waals surface area contributed by atoms with Gasteiger partial charge in [0, 0.05) is 25.0 Å². The number of nitrogens with one attached hydrogen (secondary N) is 1. The predicted molar refractivity (Wildman–Crippen MR) is 116 cm³/mol. The van der Waals surface area contributed by atoms with Gasteiger partial charge < -0.3 is 9.84 Å². The molecule has 7 nitrogen and oxygen atoms in total. The van der Waals surface area contributed by atoms with E-state index in [0.29, 0.717) is 31.6 Å². The van der Waals surface area contributed by atoms with Gasteiger partial charge in [-0.2, -0.15) is 4.31 Å². The monoisotopic (exact) mass is 431 g/mol. The van der Waals surface area contributed by atoms with Crippen molar-refractivity contribution in [3.8, 4) is 0 Å². The predicted octanol–water partition coefficient (Wildman–Crippen LogP) is 3.39. The third-order valence-corrected chi connectivity index (χ3v) is 7.21. The Morgan fingerprint density at radius 2 is 1.93 bits per heavy atom. The second kappa shape index (κ2) is 9.14. The van der Waals surface area contributed by atoms with Crippen LogP contribution in [0.4, 0.5) is 0 Å². The number of hydrogen-bond acceptors (Lipinski definition) is 5. The number of hydrogen-bond donors (Lipinski definition) is 1. The molecule has 1 aliphatic rings. The van der Waals surface area contributed by atoms with Crippen molar-refractivity contribution in [3.63, 3.8) is 0 Å². The van der Waals surface area contributed by atoms with Gasteiger partial charge in [0.15, 0.2) is 10.7 Å². The van der Waals surface area contributed by atoms with E-state index in [9.17, 15) is 13.2 Å². The number of benzene rings is 1. The minimum absolute atomic E-state index is 0.00927. The fourth-order valence-electron chi connectivity index (χ4n) is 3.63. The van der Waals surface area contributed by atoms with Gasteiger partial charge in [-0.05, 0) is 52.2 Å². The molecule has 1 saturated heterocycles. The average molecular weight is 432 g/mol. The number of aryl methyl sites for hydroxylation is 2. The van der Waals surface area contributed by atoms with E-state index in [0.717, 1.165) is 11.1 Å². The molecule has 1 N–H and O–H groups in total.